The van der Waals surface area contributed by atoms with E-state index in [1.54, 1.807) is 38.5 Å². The second-order valence-electron chi connectivity index (χ2n) is 14.5. The van der Waals surface area contributed by atoms with Gasteiger partial charge in [-0.1, -0.05) is 23.7 Å². The first-order chi connectivity index (χ1) is 30.0. The summed E-state index contributed by atoms with van der Waals surface area (Å²) in [6.07, 6.45) is 0.920. The number of H-pyrrole nitrogens is 1. The molecule has 5 aromatic rings. The third kappa shape index (κ3) is 9.64. The number of ether oxygens (including phenoxy) is 7. The van der Waals surface area contributed by atoms with Gasteiger partial charge in [-0.05, 0) is 96.3 Å². The van der Waals surface area contributed by atoms with Crippen molar-refractivity contribution in [3.8, 4) is 23.0 Å². The molecule has 16 nitrogen and oxygen atoms in total. The van der Waals surface area contributed by atoms with Crippen LogP contribution in [0.2, 0.25) is 15.6 Å². The Morgan fingerprint density at radius 3 is 2.16 bits per heavy atom. The van der Waals surface area contributed by atoms with E-state index in [1.165, 1.54) is 45.1 Å². The fraction of sp³-hybridized carbons (Fsp3) is 0.395. The molecule has 2 N–H and O–H groups in total. The molecular formula is C43H47Cl3N6O10. The van der Waals surface area contributed by atoms with E-state index in [0.29, 0.717) is 34.4 Å². The second kappa shape index (κ2) is 20.7. The zero-order chi connectivity index (χ0) is 44.7. The lowest BCUT2D eigenvalue weighted by Crippen LogP contribution is -2.58. The van der Waals surface area contributed by atoms with Gasteiger partial charge in [0.2, 0.25) is 22.3 Å². The minimum absolute atomic E-state index is 0.0170. The van der Waals surface area contributed by atoms with E-state index in [4.69, 9.17) is 72.8 Å². The maximum absolute atomic E-state index is 13.5. The van der Waals surface area contributed by atoms with Gasteiger partial charge in [-0.3, -0.25) is 9.69 Å². The van der Waals surface area contributed by atoms with Crippen LogP contribution in [0.15, 0.2) is 54.6 Å². The van der Waals surface area contributed by atoms with Crippen molar-refractivity contribution in [1.29, 1.82) is 0 Å². The number of rotatable bonds is 10. The lowest BCUT2D eigenvalue weighted by Gasteiger charge is -2.52. The number of carbonyl (C=O) groups excluding carboxylic acids is 3. The summed E-state index contributed by atoms with van der Waals surface area (Å²) < 4.78 is 39.1. The molecule has 2 aromatic heterocycles. The second-order valence-corrected chi connectivity index (χ2v) is 15.6. The predicted octanol–water partition coefficient (Wildman–Crippen LogP) is 7.56. The number of nitrogens with one attached hydrogen (secondary N) is 2. The number of aromatic amines is 1. The molecule has 1 saturated heterocycles. The van der Waals surface area contributed by atoms with Gasteiger partial charge in [-0.25, -0.2) is 4.79 Å². The number of carbonyl (C=O) groups is 3. The first-order valence-corrected chi connectivity index (χ1v) is 20.6. The molecule has 8 rings (SSSR count). The highest BCUT2D eigenvalue weighted by molar-refractivity contribution is 6.33. The third-order valence-corrected chi connectivity index (χ3v) is 12.1. The van der Waals surface area contributed by atoms with Crippen molar-refractivity contribution in [2.45, 2.75) is 37.5 Å². The Kier molecular flexibility index (Phi) is 15.4. The molecule has 3 aliphatic rings. The summed E-state index contributed by atoms with van der Waals surface area (Å²) in [5.41, 5.74) is 4.50. The fourth-order valence-electron chi connectivity index (χ4n) is 8.83. The molecule has 2 fully saturated rings. The number of methoxy groups -OCH3 is 6. The Labute approximate surface area is 373 Å². The Balaban J connectivity index is 0.000000298. The molecule has 330 valence electrons. The van der Waals surface area contributed by atoms with Crippen molar-refractivity contribution in [3.63, 3.8) is 0 Å². The highest BCUT2D eigenvalue weighted by Gasteiger charge is 2.54. The van der Waals surface area contributed by atoms with E-state index in [0.717, 1.165) is 37.2 Å². The van der Waals surface area contributed by atoms with Crippen LogP contribution in [0.1, 0.15) is 40.5 Å². The number of hydrogen-bond acceptors (Lipinski definition) is 15. The summed E-state index contributed by atoms with van der Waals surface area (Å²) >= 11 is 17.2. The maximum Gasteiger partial charge on any atom is 0.338 e. The van der Waals surface area contributed by atoms with Crippen LogP contribution in [-0.4, -0.2) is 112 Å². The number of piperidine rings is 1. The smallest absolute Gasteiger partial charge is 0.338 e. The Morgan fingerprint density at radius 1 is 0.855 bits per heavy atom. The lowest BCUT2D eigenvalue weighted by molar-refractivity contribution is -0.176. The molecule has 6 atom stereocenters. The highest BCUT2D eigenvalue weighted by Crippen LogP contribution is 2.51. The van der Waals surface area contributed by atoms with Crippen LogP contribution >= 0.6 is 34.8 Å². The number of halogens is 3. The van der Waals surface area contributed by atoms with Gasteiger partial charge < -0.3 is 48.3 Å². The molecule has 0 bridgehead atoms. The number of nitrogens with zero attached hydrogens (tertiary/aromatic N) is 4. The van der Waals surface area contributed by atoms with Crippen molar-refractivity contribution >= 4 is 76.1 Å². The summed E-state index contributed by atoms with van der Waals surface area (Å²) in [5, 5.41) is 4.70. The van der Waals surface area contributed by atoms with Gasteiger partial charge >= 0.3 is 11.9 Å². The Bertz CT molecular complexity index is 2340. The van der Waals surface area contributed by atoms with Crippen LogP contribution in [-0.2, 0) is 30.2 Å². The zero-order valence-corrected chi connectivity index (χ0v) is 37.2. The quantitative estimate of drug-likeness (QED) is 0.131. The molecule has 0 amide bonds. The number of para-hydroxylation sites is 1. The summed E-state index contributed by atoms with van der Waals surface area (Å²) in [7, 11) is 9.10. The van der Waals surface area contributed by atoms with E-state index in [9.17, 15) is 9.59 Å². The maximum atomic E-state index is 13.5. The van der Waals surface area contributed by atoms with Gasteiger partial charge in [0.15, 0.2) is 11.5 Å². The number of benzene rings is 3. The average molecular weight is 914 g/mol. The van der Waals surface area contributed by atoms with Gasteiger partial charge in [0, 0.05) is 42.9 Å². The SMILES string of the molecule is C=O.COC(=O)[C@H]1[C@H]2C[C@@H]3c4[nH]c5cc(OC)ccc5c4CCN3C[C@H]2C[C@@H](OC(=O)c2cc(OC)c(OC)c(OC)c2)[C@@H]1OC.Clc1nc(Cl)nc(Nc2ccccc2Cl)n1. The molecule has 4 heterocycles. The van der Waals surface area contributed by atoms with Crippen molar-refractivity contribution in [1.82, 2.24) is 24.8 Å². The van der Waals surface area contributed by atoms with Gasteiger partial charge in [-0.2, -0.15) is 15.0 Å². The van der Waals surface area contributed by atoms with E-state index in [-0.39, 0.29) is 45.9 Å². The summed E-state index contributed by atoms with van der Waals surface area (Å²) in [6.45, 7) is 3.68. The number of anilines is 2. The van der Waals surface area contributed by atoms with E-state index in [2.05, 4.69) is 36.2 Å². The van der Waals surface area contributed by atoms with Crippen LogP contribution in [0.25, 0.3) is 10.9 Å². The first kappa shape index (κ1) is 46.1. The van der Waals surface area contributed by atoms with E-state index >= 15 is 0 Å². The number of esters is 2. The van der Waals surface area contributed by atoms with Crippen LogP contribution in [0.5, 0.6) is 23.0 Å². The summed E-state index contributed by atoms with van der Waals surface area (Å²) in [5.74, 6) is 0.689. The normalized spacial score (nSPS) is 21.2. The number of fused-ring (bicyclic) bond motifs is 6. The van der Waals surface area contributed by atoms with Crippen LogP contribution in [0.3, 0.4) is 0 Å². The van der Waals surface area contributed by atoms with Crippen molar-refractivity contribution in [2.75, 3.05) is 61.1 Å². The largest absolute Gasteiger partial charge is 0.497 e. The molecule has 62 heavy (non-hydrogen) atoms. The molecular weight excluding hydrogens is 867 g/mol. The molecule has 1 aliphatic carbocycles. The third-order valence-electron chi connectivity index (χ3n) is 11.5. The van der Waals surface area contributed by atoms with Crippen LogP contribution in [0.4, 0.5) is 11.6 Å². The fourth-order valence-corrected chi connectivity index (χ4v) is 9.37. The monoisotopic (exact) mass is 912 g/mol. The lowest BCUT2D eigenvalue weighted by atomic mass is 9.63. The first-order valence-electron chi connectivity index (χ1n) is 19.4. The minimum Gasteiger partial charge on any atom is -0.497 e. The molecule has 3 aromatic carbocycles. The molecule has 19 heteroatoms. The standard InChI is InChI=1S/C33H40N2O9.C9H5Cl3N4.CH2O/c1-38-19-7-8-20-21-9-10-35-16-18-13-27(44-32(36)17-11-25(39-2)30(41-4)26(12-17)40-3)31(42-5)28(33(37)43-6)22(18)15-24(35)29(21)34-23(20)14-19;10-5-3-1-2-4-6(5)13-9-15-7(11)14-8(12)16-9;1-2/h7-8,11-12,14,18,22,24,27-28,31,34H,9-10,13,15-16H2,1-6H3;1-4H,(H,13,14,15,16);1H2/t18-,22+,24-,27-,28+,31+;;/m1../s1. The summed E-state index contributed by atoms with van der Waals surface area (Å²) in [4.78, 5) is 52.5. The summed E-state index contributed by atoms with van der Waals surface area (Å²) in [6, 6.07) is 16.6. The van der Waals surface area contributed by atoms with Gasteiger partial charge in [-0.15, -0.1) is 0 Å². The average Bonchev–Trinajstić information content (AvgIpc) is 3.66. The zero-order valence-electron chi connectivity index (χ0n) is 34.9. The topological polar surface area (TPSA) is 186 Å². The molecule has 1 saturated carbocycles. The van der Waals surface area contributed by atoms with Crippen molar-refractivity contribution in [3.05, 3.63) is 87.0 Å². The van der Waals surface area contributed by atoms with Crippen molar-refractivity contribution < 1.29 is 47.5 Å². The molecule has 0 unspecified atom stereocenters. The molecule has 0 radical (unpaired) electrons. The molecule has 2 aliphatic heterocycles. The minimum atomic E-state index is -0.670. The van der Waals surface area contributed by atoms with Gasteiger partial charge in [0.25, 0.3) is 0 Å². The number of hydrogen-bond donors (Lipinski definition) is 2. The van der Waals surface area contributed by atoms with E-state index in [1.807, 2.05) is 31.1 Å². The predicted molar refractivity (Wildman–Crippen MR) is 232 cm³/mol. The van der Waals surface area contributed by atoms with Gasteiger partial charge in [0.05, 0.1) is 63.8 Å². The van der Waals surface area contributed by atoms with Crippen LogP contribution in [0, 0.1) is 17.8 Å². The number of aromatic nitrogens is 4. The van der Waals surface area contributed by atoms with Gasteiger partial charge in [0.1, 0.15) is 24.7 Å². The van der Waals surface area contributed by atoms with Crippen LogP contribution < -0.4 is 24.3 Å². The van der Waals surface area contributed by atoms with Crippen molar-refractivity contribution in [2.24, 2.45) is 17.8 Å². The highest BCUT2D eigenvalue weighted by atomic mass is 35.5. The molecule has 0 spiro atoms. The van der Waals surface area contributed by atoms with E-state index < -0.39 is 24.1 Å². The Hall–Kier alpha value is -5.39. The Morgan fingerprint density at radius 2 is 1.55 bits per heavy atom.